The Hall–Kier alpha value is -1.20. The van der Waals surface area contributed by atoms with E-state index in [0.29, 0.717) is 0 Å². The molecule has 0 aromatic rings. The molecule has 0 saturated heterocycles. The molecule has 4 atom stereocenters. The predicted molar refractivity (Wildman–Crippen MR) is 65.4 cm³/mol. The molecular weight excluding hydrogens is 235 g/mol. The summed E-state index contributed by atoms with van der Waals surface area (Å²) in [6, 6.07) is 0. The summed E-state index contributed by atoms with van der Waals surface area (Å²) in [5, 5.41) is 26.3. The Bertz CT molecular complexity index is 481. The Morgan fingerprint density at radius 1 is 1.50 bits per heavy atom. The number of allylic oxidation sites excluding steroid dienone is 3. The van der Waals surface area contributed by atoms with Crippen LogP contribution >= 0.6 is 0 Å². The lowest BCUT2D eigenvalue weighted by molar-refractivity contribution is -0.0612. The van der Waals surface area contributed by atoms with Crippen molar-refractivity contribution in [3.8, 4) is 0 Å². The molecular formula is C13H17FN2O2. The third kappa shape index (κ3) is 1.23. The number of aliphatic hydroxyl groups is 2. The molecule has 2 N–H and O–H groups in total. The summed E-state index contributed by atoms with van der Waals surface area (Å²) >= 11 is 0. The summed E-state index contributed by atoms with van der Waals surface area (Å²) < 4.78 is 13.5. The predicted octanol–water partition coefficient (Wildman–Crippen LogP) is 1.32. The van der Waals surface area contributed by atoms with E-state index in [9.17, 15) is 14.6 Å². The summed E-state index contributed by atoms with van der Waals surface area (Å²) in [6.07, 6.45) is 6.32. The van der Waals surface area contributed by atoms with Crippen LogP contribution in [0.3, 0.4) is 0 Å². The van der Waals surface area contributed by atoms with Crippen molar-refractivity contribution in [1.82, 2.24) is 5.01 Å². The Morgan fingerprint density at radius 2 is 2.22 bits per heavy atom. The van der Waals surface area contributed by atoms with Gasteiger partial charge < -0.3 is 10.2 Å². The van der Waals surface area contributed by atoms with Gasteiger partial charge in [-0.3, -0.25) is 0 Å². The SMILES string of the molecule is CC(F)C1=NN(C2=CCCC=C2)C2(O)C1[C@]2(C)O. The molecule has 3 unspecified atom stereocenters. The van der Waals surface area contributed by atoms with Gasteiger partial charge in [0.2, 0.25) is 0 Å². The number of rotatable bonds is 2. The number of halogens is 1. The first-order valence-corrected chi connectivity index (χ1v) is 6.25. The molecule has 3 aliphatic rings. The molecule has 0 aromatic heterocycles. The highest BCUT2D eigenvalue weighted by Crippen LogP contribution is 2.62. The lowest BCUT2D eigenvalue weighted by Crippen LogP contribution is -2.38. The van der Waals surface area contributed by atoms with Crippen LogP contribution in [0.25, 0.3) is 0 Å². The van der Waals surface area contributed by atoms with Crippen LogP contribution < -0.4 is 0 Å². The third-order valence-electron chi connectivity index (χ3n) is 4.09. The molecule has 0 aromatic carbocycles. The van der Waals surface area contributed by atoms with E-state index in [0.717, 1.165) is 18.5 Å². The number of alkyl halides is 1. The highest BCUT2D eigenvalue weighted by molar-refractivity contribution is 5.98. The largest absolute Gasteiger partial charge is 0.384 e. The smallest absolute Gasteiger partial charge is 0.199 e. The van der Waals surface area contributed by atoms with Crippen LogP contribution in [0.1, 0.15) is 26.7 Å². The number of hydrazone groups is 1. The van der Waals surface area contributed by atoms with Crippen LogP contribution in [-0.4, -0.2) is 38.4 Å². The second-order valence-electron chi connectivity index (χ2n) is 5.37. The Labute approximate surface area is 105 Å². The van der Waals surface area contributed by atoms with Gasteiger partial charge in [-0.25, -0.2) is 9.40 Å². The first-order valence-electron chi connectivity index (χ1n) is 6.25. The van der Waals surface area contributed by atoms with Crippen molar-refractivity contribution in [1.29, 1.82) is 0 Å². The Morgan fingerprint density at radius 3 is 2.72 bits per heavy atom. The number of hydrogen-bond donors (Lipinski definition) is 2. The van der Waals surface area contributed by atoms with Crippen molar-refractivity contribution in [2.45, 2.75) is 44.2 Å². The van der Waals surface area contributed by atoms with Crippen LogP contribution in [-0.2, 0) is 0 Å². The number of nitrogens with zero attached hydrogens (tertiary/aromatic N) is 2. The molecule has 2 aliphatic carbocycles. The fourth-order valence-electron chi connectivity index (χ4n) is 2.97. The Balaban J connectivity index is 2.00. The molecule has 1 aliphatic heterocycles. The van der Waals surface area contributed by atoms with Gasteiger partial charge in [0.05, 0.1) is 17.3 Å². The minimum Gasteiger partial charge on any atom is -0.384 e. The normalized spacial score (nSPS) is 43.4. The van der Waals surface area contributed by atoms with E-state index in [-0.39, 0.29) is 5.71 Å². The molecule has 1 heterocycles. The van der Waals surface area contributed by atoms with Gasteiger partial charge in [-0.05, 0) is 32.8 Å². The molecule has 1 saturated carbocycles. The van der Waals surface area contributed by atoms with Gasteiger partial charge in [-0.1, -0.05) is 12.2 Å². The first-order chi connectivity index (χ1) is 8.40. The Kier molecular flexibility index (Phi) is 2.26. The summed E-state index contributed by atoms with van der Waals surface area (Å²) in [6.45, 7) is 2.90. The maximum absolute atomic E-state index is 13.5. The lowest BCUT2D eigenvalue weighted by atomic mass is 10.1. The van der Waals surface area contributed by atoms with E-state index < -0.39 is 23.4 Å². The lowest BCUT2D eigenvalue weighted by Gasteiger charge is -2.27. The van der Waals surface area contributed by atoms with Gasteiger partial charge in [-0.2, -0.15) is 5.10 Å². The minimum atomic E-state index is -1.49. The second-order valence-corrected chi connectivity index (χ2v) is 5.37. The van der Waals surface area contributed by atoms with Crippen LogP contribution in [0.5, 0.6) is 0 Å². The van der Waals surface area contributed by atoms with Gasteiger partial charge in [0.25, 0.3) is 0 Å². The number of hydrogen-bond acceptors (Lipinski definition) is 4. The van der Waals surface area contributed by atoms with Gasteiger partial charge in [0.15, 0.2) is 5.72 Å². The summed E-state index contributed by atoms with van der Waals surface area (Å²) in [7, 11) is 0. The minimum absolute atomic E-state index is 0.224. The van der Waals surface area contributed by atoms with E-state index in [1.165, 1.54) is 18.9 Å². The second kappa shape index (κ2) is 3.42. The monoisotopic (exact) mass is 252 g/mol. The van der Waals surface area contributed by atoms with Gasteiger partial charge in [-0.15, -0.1) is 0 Å². The highest BCUT2D eigenvalue weighted by atomic mass is 19.1. The van der Waals surface area contributed by atoms with Crippen LogP contribution in [0.4, 0.5) is 4.39 Å². The van der Waals surface area contributed by atoms with Crippen molar-refractivity contribution in [3.63, 3.8) is 0 Å². The highest BCUT2D eigenvalue weighted by Gasteiger charge is 2.82. The van der Waals surface area contributed by atoms with Crippen LogP contribution in [0, 0.1) is 5.92 Å². The molecule has 98 valence electrons. The van der Waals surface area contributed by atoms with Crippen molar-refractivity contribution < 1.29 is 14.6 Å². The summed E-state index contributed by atoms with van der Waals surface area (Å²) in [4.78, 5) is 0. The van der Waals surface area contributed by atoms with Gasteiger partial charge in [0.1, 0.15) is 11.8 Å². The molecule has 0 spiro atoms. The van der Waals surface area contributed by atoms with E-state index in [4.69, 9.17) is 0 Å². The van der Waals surface area contributed by atoms with Crippen molar-refractivity contribution in [2.24, 2.45) is 11.0 Å². The zero-order chi connectivity index (χ0) is 13.1. The third-order valence-corrected chi connectivity index (χ3v) is 4.09. The van der Waals surface area contributed by atoms with E-state index in [1.54, 1.807) is 0 Å². The van der Waals surface area contributed by atoms with Gasteiger partial charge >= 0.3 is 0 Å². The van der Waals surface area contributed by atoms with Crippen molar-refractivity contribution in [2.75, 3.05) is 0 Å². The molecule has 0 bridgehead atoms. The number of fused-ring (bicyclic) bond motifs is 1. The zero-order valence-corrected chi connectivity index (χ0v) is 10.5. The molecule has 5 heteroatoms. The molecule has 0 amide bonds. The zero-order valence-electron chi connectivity index (χ0n) is 10.5. The fourth-order valence-corrected chi connectivity index (χ4v) is 2.97. The first kappa shape index (κ1) is 11.9. The summed E-state index contributed by atoms with van der Waals surface area (Å²) in [5.41, 5.74) is -1.88. The fraction of sp³-hybridized carbons (Fsp3) is 0.615. The van der Waals surface area contributed by atoms with Gasteiger partial charge in [0, 0.05) is 0 Å². The van der Waals surface area contributed by atoms with E-state index >= 15 is 0 Å². The maximum atomic E-state index is 13.5. The molecule has 3 rings (SSSR count). The van der Waals surface area contributed by atoms with Crippen molar-refractivity contribution in [3.05, 3.63) is 23.9 Å². The average Bonchev–Trinajstić information content (AvgIpc) is 2.66. The molecule has 1 fully saturated rings. The van der Waals surface area contributed by atoms with E-state index in [1.807, 2.05) is 18.2 Å². The quantitative estimate of drug-likeness (QED) is 0.779. The van der Waals surface area contributed by atoms with E-state index in [2.05, 4.69) is 5.10 Å². The topological polar surface area (TPSA) is 56.1 Å². The molecule has 18 heavy (non-hydrogen) atoms. The average molecular weight is 252 g/mol. The maximum Gasteiger partial charge on any atom is 0.199 e. The summed E-state index contributed by atoms with van der Waals surface area (Å²) in [5.74, 6) is -0.638. The van der Waals surface area contributed by atoms with Crippen LogP contribution in [0.2, 0.25) is 0 Å². The molecule has 4 nitrogen and oxygen atoms in total. The van der Waals surface area contributed by atoms with Crippen molar-refractivity contribution >= 4 is 5.71 Å². The van der Waals surface area contributed by atoms with Crippen LogP contribution in [0.15, 0.2) is 29.0 Å². The molecule has 0 radical (unpaired) electrons. The standard InChI is InChI=1S/C13H17FN2O2/c1-8(14)10-11-12(2,17)13(11,18)16(15-10)9-6-4-3-5-7-9/h4,6-8,11,17-18H,3,5H2,1-2H3/t8?,11?,12-,13?/m0/s1.